The van der Waals surface area contributed by atoms with E-state index in [-0.39, 0.29) is 18.1 Å². The van der Waals surface area contributed by atoms with E-state index in [1.165, 1.54) is 0 Å². The van der Waals surface area contributed by atoms with Crippen molar-refractivity contribution in [2.75, 3.05) is 20.2 Å². The highest BCUT2D eigenvalue weighted by Crippen LogP contribution is 2.31. The summed E-state index contributed by atoms with van der Waals surface area (Å²) >= 11 is 0. The molecule has 0 radical (unpaired) electrons. The fraction of sp³-hybridized carbons (Fsp3) is 0.588. The van der Waals surface area contributed by atoms with Crippen LogP contribution in [0.5, 0.6) is 11.5 Å². The van der Waals surface area contributed by atoms with Gasteiger partial charge in [-0.15, -0.1) is 0 Å². The summed E-state index contributed by atoms with van der Waals surface area (Å²) in [6, 6.07) is 7.80. The smallest absolute Gasteiger partial charge is 0.222 e. The predicted octanol–water partition coefficient (Wildman–Crippen LogP) is 1.80. The van der Waals surface area contributed by atoms with Gasteiger partial charge in [-0.25, -0.2) is 0 Å². The van der Waals surface area contributed by atoms with E-state index < -0.39 is 0 Å². The summed E-state index contributed by atoms with van der Waals surface area (Å²) in [6.45, 7) is 1.01. The molecule has 1 aromatic carbocycles. The van der Waals surface area contributed by atoms with Crippen LogP contribution in [0, 0.1) is 5.92 Å². The molecule has 1 aliphatic carbocycles. The fourth-order valence-electron chi connectivity index (χ4n) is 3.26. The number of hydrogen-bond donors (Lipinski definition) is 1. The maximum atomic E-state index is 12.3. The van der Waals surface area contributed by atoms with Gasteiger partial charge in [0.2, 0.25) is 5.91 Å². The van der Waals surface area contributed by atoms with E-state index >= 15 is 0 Å². The Morgan fingerprint density at radius 2 is 2.09 bits per heavy atom. The van der Waals surface area contributed by atoms with E-state index in [0.717, 1.165) is 30.8 Å². The van der Waals surface area contributed by atoms with Crippen molar-refractivity contribution in [3.8, 4) is 11.5 Å². The average Bonchev–Trinajstić information content (AvgIpc) is 2.92. The quantitative estimate of drug-likeness (QED) is 0.921. The first-order valence-electron chi connectivity index (χ1n) is 8.01. The standard InChI is InChI=1S/C17H24N2O3/c1-19(17(20)9-12-5-4-6-14(12)18)10-13-11-21-15-7-2-3-8-16(15)22-13/h2-3,7-8,12-14H,4-6,9-11,18H2,1H3/t12-,13?,14+/m0/s1. The van der Waals surface area contributed by atoms with Crippen molar-refractivity contribution in [3.05, 3.63) is 24.3 Å². The Kier molecular flexibility index (Phi) is 4.52. The largest absolute Gasteiger partial charge is 0.486 e. The molecule has 0 aromatic heterocycles. The predicted molar refractivity (Wildman–Crippen MR) is 83.9 cm³/mol. The van der Waals surface area contributed by atoms with Gasteiger partial charge in [0.1, 0.15) is 6.61 Å². The van der Waals surface area contributed by atoms with Crippen LogP contribution in [-0.4, -0.2) is 43.2 Å². The molecular formula is C17H24N2O3. The molecule has 1 amide bonds. The molecular weight excluding hydrogens is 280 g/mol. The van der Waals surface area contributed by atoms with Gasteiger partial charge >= 0.3 is 0 Å². The molecule has 3 rings (SSSR count). The zero-order valence-corrected chi connectivity index (χ0v) is 13.0. The highest BCUT2D eigenvalue weighted by Gasteiger charge is 2.29. The van der Waals surface area contributed by atoms with Gasteiger partial charge in [-0.2, -0.15) is 0 Å². The minimum absolute atomic E-state index is 0.124. The number of carbonyl (C=O) groups is 1. The Morgan fingerprint density at radius 1 is 1.32 bits per heavy atom. The zero-order valence-electron chi connectivity index (χ0n) is 13.0. The van der Waals surface area contributed by atoms with E-state index in [0.29, 0.717) is 25.5 Å². The molecule has 2 aliphatic rings. The number of nitrogens with two attached hydrogens (primary N) is 1. The second-order valence-electron chi connectivity index (χ2n) is 6.33. The minimum atomic E-state index is -0.124. The van der Waals surface area contributed by atoms with Crippen molar-refractivity contribution in [3.63, 3.8) is 0 Å². The molecule has 0 saturated heterocycles. The Morgan fingerprint density at radius 3 is 2.82 bits per heavy atom. The van der Waals surface area contributed by atoms with Crippen molar-refractivity contribution in [1.82, 2.24) is 4.90 Å². The van der Waals surface area contributed by atoms with Gasteiger partial charge in [-0.05, 0) is 30.9 Å². The maximum Gasteiger partial charge on any atom is 0.222 e. The number of fused-ring (bicyclic) bond motifs is 1. The molecule has 1 unspecified atom stereocenters. The van der Waals surface area contributed by atoms with Crippen molar-refractivity contribution in [2.24, 2.45) is 11.7 Å². The number of para-hydroxylation sites is 2. The number of nitrogens with zero attached hydrogens (tertiary/aromatic N) is 1. The number of carbonyl (C=O) groups excluding carboxylic acids is 1. The third kappa shape index (κ3) is 3.35. The van der Waals surface area contributed by atoms with Gasteiger partial charge < -0.3 is 20.1 Å². The lowest BCUT2D eigenvalue weighted by molar-refractivity contribution is -0.132. The number of amides is 1. The van der Waals surface area contributed by atoms with Gasteiger partial charge in [0.15, 0.2) is 17.6 Å². The van der Waals surface area contributed by atoms with Gasteiger partial charge in [0.25, 0.3) is 0 Å². The maximum absolute atomic E-state index is 12.3. The molecule has 0 spiro atoms. The first kappa shape index (κ1) is 15.2. The van der Waals surface area contributed by atoms with E-state index in [9.17, 15) is 4.79 Å². The molecule has 1 aliphatic heterocycles. The van der Waals surface area contributed by atoms with Crippen LogP contribution < -0.4 is 15.2 Å². The van der Waals surface area contributed by atoms with Crippen molar-refractivity contribution in [1.29, 1.82) is 0 Å². The van der Waals surface area contributed by atoms with Crippen LogP contribution in [-0.2, 0) is 4.79 Å². The monoisotopic (exact) mass is 304 g/mol. The third-order valence-electron chi connectivity index (χ3n) is 4.63. The van der Waals surface area contributed by atoms with E-state index in [2.05, 4.69) is 0 Å². The topological polar surface area (TPSA) is 64.8 Å². The summed E-state index contributed by atoms with van der Waals surface area (Å²) < 4.78 is 11.6. The number of hydrogen-bond acceptors (Lipinski definition) is 4. The highest BCUT2D eigenvalue weighted by atomic mass is 16.6. The lowest BCUT2D eigenvalue weighted by atomic mass is 9.99. The van der Waals surface area contributed by atoms with Crippen LogP contribution >= 0.6 is 0 Å². The fourth-order valence-corrected chi connectivity index (χ4v) is 3.26. The number of rotatable bonds is 4. The molecule has 0 bridgehead atoms. The first-order chi connectivity index (χ1) is 10.6. The van der Waals surface area contributed by atoms with Crippen LogP contribution in [0.2, 0.25) is 0 Å². The summed E-state index contributed by atoms with van der Waals surface area (Å²) in [4.78, 5) is 14.1. The molecule has 5 heteroatoms. The molecule has 2 N–H and O–H groups in total. The van der Waals surface area contributed by atoms with Gasteiger partial charge in [-0.3, -0.25) is 4.79 Å². The Balaban J connectivity index is 1.51. The number of ether oxygens (including phenoxy) is 2. The van der Waals surface area contributed by atoms with Gasteiger partial charge in [0.05, 0.1) is 6.54 Å². The SMILES string of the molecule is CN(CC1COc2ccccc2O1)C(=O)C[C@@H]1CCC[C@H]1N. The van der Waals surface area contributed by atoms with Crippen LogP contribution in [0.15, 0.2) is 24.3 Å². The summed E-state index contributed by atoms with van der Waals surface area (Å²) in [7, 11) is 1.83. The van der Waals surface area contributed by atoms with Crippen LogP contribution in [0.3, 0.4) is 0 Å². The number of benzene rings is 1. The van der Waals surface area contributed by atoms with E-state index in [1.54, 1.807) is 4.90 Å². The normalized spacial score (nSPS) is 26.7. The molecule has 1 saturated carbocycles. The minimum Gasteiger partial charge on any atom is -0.486 e. The number of likely N-dealkylation sites (N-methyl/N-ethyl adjacent to an activating group) is 1. The summed E-state index contributed by atoms with van der Waals surface area (Å²) in [6.07, 6.45) is 3.66. The summed E-state index contributed by atoms with van der Waals surface area (Å²) in [5, 5.41) is 0. The molecule has 120 valence electrons. The summed E-state index contributed by atoms with van der Waals surface area (Å²) in [5.74, 6) is 1.99. The second-order valence-corrected chi connectivity index (χ2v) is 6.33. The third-order valence-corrected chi connectivity index (χ3v) is 4.63. The van der Waals surface area contributed by atoms with Gasteiger partial charge in [-0.1, -0.05) is 18.6 Å². The van der Waals surface area contributed by atoms with Crippen molar-refractivity contribution in [2.45, 2.75) is 37.8 Å². The zero-order chi connectivity index (χ0) is 15.5. The molecule has 5 nitrogen and oxygen atoms in total. The van der Waals surface area contributed by atoms with Crippen LogP contribution in [0.1, 0.15) is 25.7 Å². The molecule has 3 atom stereocenters. The Bertz CT molecular complexity index is 534. The molecule has 1 aromatic rings. The average molecular weight is 304 g/mol. The summed E-state index contributed by atoms with van der Waals surface area (Å²) in [5.41, 5.74) is 6.05. The highest BCUT2D eigenvalue weighted by molar-refractivity contribution is 5.76. The Labute approximate surface area is 131 Å². The van der Waals surface area contributed by atoms with E-state index in [1.807, 2.05) is 31.3 Å². The van der Waals surface area contributed by atoms with Gasteiger partial charge in [0, 0.05) is 19.5 Å². The molecule has 1 heterocycles. The van der Waals surface area contributed by atoms with Crippen molar-refractivity contribution < 1.29 is 14.3 Å². The van der Waals surface area contributed by atoms with Crippen LogP contribution in [0.4, 0.5) is 0 Å². The Hall–Kier alpha value is -1.75. The van der Waals surface area contributed by atoms with Crippen LogP contribution in [0.25, 0.3) is 0 Å². The van der Waals surface area contributed by atoms with E-state index in [4.69, 9.17) is 15.2 Å². The molecule has 1 fully saturated rings. The lowest BCUT2D eigenvalue weighted by Crippen LogP contribution is -2.42. The first-order valence-corrected chi connectivity index (χ1v) is 8.01. The lowest BCUT2D eigenvalue weighted by Gasteiger charge is -2.30. The van der Waals surface area contributed by atoms with Crippen molar-refractivity contribution >= 4 is 5.91 Å². The second kappa shape index (κ2) is 6.57. The molecule has 22 heavy (non-hydrogen) atoms.